The number of halogens is 1. The second-order valence-electron chi connectivity index (χ2n) is 4.22. The maximum atomic E-state index is 12.1. The summed E-state index contributed by atoms with van der Waals surface area (Å²) in [7, 11) is -2.04. The molecule has 2 N–H and O–H groups in total. The van der Waals surface area contributed by atoms with E-state index in [1.807, 2.05) is 0 Å². The summed E-state index contributed by atoms with van der Waals surface area (Å²) < 4.78 is 31.6. The van der Waals surface area contributed by atoms with Crippen LogP contribution in [0.5, 0.6) is 0 Å². The lowest BCUT2D eigenvalue weighted by Crippen LogP contribution is -2.33. The predicted octanol–water partition coefficient (Wildman–Crippen LogP) is 1.54. The molecule has 0 spiro atoms. The number of hydrogen-bond donors (Lipinski definition) is 2. The number of ether oxygens (including phenoxy) is 1. The van der Waals surface area contributed by atoms with E-state index in [0.717, 1.165) is 0 Å². The molecule has 1 unspecified atom stereocenters. The maximum Gasteiger partial charge on any atom is 0.240 e. The second kappa shape index (κ2) is 7.21. The molecule has 0 saturated carbocycles. The molecule has 1 aromatic carbocycles. The minimum atomic E-state index is -3.61. The van der Waals surface area contributed by atoms with Crippen LogP contribution in [0.3, 0.4) is 0 Å². The number of aliphatic hydroxyl groups is 1. The lowest BCUT2D eigenvalue weighted by atomic mass is 10.2. The molecule has 0 aliphatic rings. The van der Waals surface area contributed by atoms with Crippen molar-refractivity contribution < 1.29 is 18.3 Å². The van der Waals surface area contributed by atoms with Crippen molar-refractivity contribution in [1.29, 1.82) is 0 Å². The molecule has 108 valence electrons. The van der Waals surface area contributed by atoms with E-state index in [9.17, 15) is 8.42 Å². The lowest BCUT2D eigenvalue weighted by molar-refractivity contribution is 0.188. The molecule has 0 radical (unpaired) electrons. The van der Waals surface area contributed by atoms with E-state index in [1.165, 1.54) is 18.2 Å². The van der Waals surface area contributed by atoms with Crippen LogP contribution in [0.15, 0.2) is 23.1 Å². The Morgan fingerprint density at radius 1 is 1.47 bits per heavy atom. The van der Waals surface area contributed by atoms with Crippen LogP contribution >= 0.6 is 11.6 Å². The highest BCUT2D eigenvalue weighted by Crippen LogP contribution is 2.21. The zero-order valence-electron chi connectivity index (χ0n) is 10.9. The van der Waals surface area contributed by atoms with Crippen LogP contribution in [0.2, 0.25) is 5.02 Å². The molecule has 1 atom stereocenters. The molecule has 0 aliphatic carbocycles. The van der Waals surface area contributed by atoms with E-state index in [0.29, 0.717) is 18.6 Å². The summed E-state index contributed by atoms with van der Waals surface area (Å²) >= 11 is 5.88. The van der Waals surface area contributed by atoms with E-state index in [1.54, 1.807) is 14.0 Å². The molecular formula is C12H18ClNO4S. The minimum Gasteiger partial charge on any atom is -0.392 e. The van der Waals surface area contributed by atoms with Crippen molar-refractivity contribution in [3.05, 3.63) is 28.8 Å². The molecule has 0 aliphatic heterocycles. The molecule has 1 aromatic rings. The van der Waals surface area contributed by atoms with Crippen molar-refractivity contribution in [3.63, 3.8) is 0 Å². The molecule has 0 heterocycles. The monoisotopic (exact) mass is 307 g/mol. The van der Waals surface area contributed by atoms with Gasteiger partial charge in [-0.25, -0.2) is 13.1 Å². The number of benzene rings is 1. The SMILES string of the molecule is COCCC(C)NS(=O)(=O)c1ccc(CO)c(Cl)c1. The molecule has 5 nitrogen and oxygen atoms in total. The third-order valence-corrected chi connectivity index (χ3v) is 4.56. The normalized spacial score (nSPS) is 13.5. The Kier molecular flexibility index (Phi) is 6.22. The summed E-state index contributed by atoms with van der Waals surface area (Å²) in [6.45, 7) is 2.02. The van der Waals surface area contributed by atoms with Gasteiger partial charge in [-0.15, -0.1) is 0 Å². The summed E-state index contributed by atoms with van der Waals surface area (Å²) in [6, 6.07) is 4.01. The summed E-state index contributed by atoms with van der Waals surface area (Å²) in [5.74, 6) is 0. The van der Waals surface area contributed by atoms with Gasteiger partial charge in [-0.2, -0.15) is 0 Å². The number of nitrogens with one attached hydrogen (secondary N) is 1. The number of rotatable bonds is 7. The highest BCUT2D eigenvalue weighted by atomic mass is 35.5. The standard InChI is InChI=1S/C12H18ClNO4S/c1-9(5-6-18-2)14-19(16,17)11-4-3-10(8-15)12(13)7-11/h3-4,7,9,14-15H,5-6,8H2,1-2H3. The van der Waals surface area contributed by atoms with Crippen molar-refractivity contribution in [1.82, 2.24) is 4.72 Å². The van der Waals surface area contributed by atoms with Gasteiger partial charge in [-0.1, -0.05) is 17.7 Å². The third-order valence-electron chi connectivity index (χ3n) is 2.62. The van der Waals surface area contributed by atoms with Crippen molar-refractivity contribution in [2.45, 2.75) is 30.9 Å². The summed E-state index contributed by atoms with van der Waals surface area (Å²) in [5, 5.41) is 9.22. The first-order valence-corrected chi connectivity index (χ1v) is 7.67. The molecule has 1 rings (SSSR count). The van der Waals surface area contributed by atoms with Gasteiger partial charge in [0.2, 0.25) is 10.0 Å². The quantitative estimate of drug-likeness (QED) is 0.801. The first-order chi connectivity index (χ1) is 8.90. The van der Waals surface area contributed by atoms with Gasteiger partial charge in [0, 0.05) is 24.8 Å². The van der Waals surface area contributed by atoms with Crippen LogP contribution in [0.4, 0.5) is 0 Å². The second-order valence-corrected chi connectivity index (χ2v) is 6.34. The minimum absolute atomic E-state index is 0.0824. The summed E-state index contributed by atoms with van der Waals surface area (Å²) in [5.41, 5.74) is 0.494. The van der Waals surface area contributed by atoms with E-state index in [4.69, 9.17) is 21.4 Å². The average Bonchev–Trinajstić information content (AvgIpc) is 2.35. The van der Waals surface area contributed by atoms with Gasteiger partial charge in [0.05, 0.1) is 11.5 Å². The Morgan fingerprint density at radius 2 is 2.16 bits per heavy atom. The van der Waals surface area contributed by atoms with Crippen LogP contribution in [0.1, 0.15) is 18.9 Å². The topological polar surface area (TPSA) is 75.6 Å². The van der Waals surface area contributed by atoms with Gasteiger partial charge < -0.3 is 9.84 Å². The van der Waals surface area contributed by atoms with Gasteiger partial charge in [0.1, 0.15) is 0 Å². The van der Waals surface area contributed by atoms with Crippen LogP contribution in [0, 0.1) is 0 Å². The zero-order valence-corrected chi connectivity index (χ0v) is 12.5. The van der Waals surface area contributed by atoms with E-state index in [2.05, 4.69) is 4.72 Å². The predicted molar refractivity (Wildman–Crippen MR) is 73.7 cm³/mol. The highest BCUT2D eigenvalue weighted by Gasteiger charge is 2.18. The van der Waals surface area contributed by atoms with Crippen molar-refractivity contribution in [2.24, 2.45) is 0 Å². The maximum absolute atomic E-state index is 12.1. The van der Waals surface area contributed by atoms with Gasteiger partial charge >= 0.3 is 0 Å². The van der Waals surface area contributed by atoms with E-state index >= 15 is 0 Å². The number of sulfonamides is 1. The molecule has 0 bridgehead atoms. The van der Waals surface area contributed by atoms with Crippen LogP contribution < -0.4 is 4.72 Å². The van der Waals surface area contributed by atoms with Gasteiger partial charge in [0.15, 0.2) is 0 Å². The highest BCUT2D eigenvalue weighted by molar-refractivity contribution is 7.89. The lowest BCUT2D eigenvalue weighted by Gasteiger charge is -2.14. The molecule has 19 heavy (non-hydrogen) atoms. The van der Waals surface area contributed by atoms with E-state index in [-0.39, 0.29) is 22.6 Å². The fourth-order valence-corrected chi connectivity index (χ4v) is 3.12. The Morgan fingerprint density at radius 3 is 2.68 bits per heavy atom. The zero-order chi connectivity index (χ0) is 14.5. The fourth-order valence-electron chi connectivity index (χ4n) is 1.51. The molecule has 0 aromatic heterocycles. The van der Waals surface area contributed by atoms with Gasteiger partial charge in [-0.3, -0.25) is 0 Å². The third kappa shape index (κ3) is 4.74. The molecule has 7 heteroatoms. The number of aliphatic hydroxyl groups excluding tert-OH is 1. The molecule has 0 saturated heterocycles. The van der Waals surface area contributed by atoms with Gasteiger partial charge in [0.25, 0.3) is 0 Å². The first-order valence-electron chi connectivity index (χ1n) is 5.81. The molecule has 0 fully saturated rings. The Labute approximate surface area is 118 Å². The fraction of sp³-hybridized carbons (Fsp3) is 0.500. The van der Waals surface area contributed by atoms with Crippen LogP contribution in [0.25, 0.3) is 0 Å². The van der Waals surface area contributed by atoms with Crippen molar-refractivity contribution >= 4 is 21.6 Å². The van der Waals surface area contributed by atoms with Crippen molar-refractivity contribution in [2.75, 3.05) is 13.7 Å². The van der Waals surface area contributed by atoms with Crippen LogP contribution in [-0.2, 0) is 21.4 Å². The Balaban J connectivity index is 2.85. The molecular weight excluding hydrogens is 290 g/mol. The van der Waals surface area contributed by atoms with Crippen LogP contribution in [-0.4, -0.2) is 33.3 Å². The van der Waals surface area contributed by atoms with E-state index < -0.39 is 10.0 Å². The van der Waals surface area contributed by atoms with Gasteiger partial charge in [-0.05, 0) is 31.0 Å². The summed E-state index contributed by atoms with van der Waals surface area (Å²) in [4.78, 5) is 0.0824. The smallest absolute Gasteiger partial charge is 0.240 e. The average molecular weight is 308 g/mol. The Hall–Kier alpha value is -0.660. The molecule has 0 amide bonds. The largest absolute Gasteiger partial charge is 0.392 e. The van der Waals surface area contributed by atoms with Crippen molar-refractivity contribution in [3.8, 4) is 0 Å². The number of hydrogen-bond acceptors (Lipinski definition) is 4. The summed E-state index contributed by atoms with van der Waals surface area (Å²) in [6.07, 6.45) is 0.582. The number of methoxy groups -OCH3 is 1. The first kappa shape index (κ1) is 16.4. The Bertz CT molecular complexity index is 518.